The average molecular weight is 249 g/mol. The highest BCUT2D eigenvalue weighted by Crippen LogP contribution is 2.36. The molecule has 3 heteroatoms. The SMILES string of the molecule is Cc1ccc(C2CNC3(CCC(C)CC3)CO2)o1. The molecule has 1 spiro atoms. The Labute approximate surface area is 109 Å². The zero-order chi connectivity index (χ0) is 12.6. The number of hydrogen-bond donors (Lipinski definition) is 1. The molecule has 1 aromatic heterocycles. The first-order chi connectivity index (χ1) is 8.67. The number of nitrogens with one attached hydrogen (secondary N) is 1. The minimum Gasteiger partial charge on any atom is -0.464 e. The molecule has 1 aromatic rings. The third kappa shape index (κ3) is 2.34. The first-order valence-corrected chi connectivity index (χ1v) is 7.10. The van der Waals surface area contributed by atoms with Gasteiger partial charge in [0.15, 0.2) is 0 Å². The molecule has 1 saturated heterocycles. The van der Waals surface area contributed by atoms with E-state index < -0.39 is 0 Å². The lowest BCUT2D eigenvalue weighted by Crippen LogP contribution is -2.56. The van der Waals surface area contributed by atoms with Crippen LogP contribution in [0.5, 0.6) is 0 Å². The second-order valence-corrected chi connectivity index (χ2v) is 6.09. The van der Waals surface area contributed by atoms with Gasteiger partial charge in [0.1, 0.15) is 17.6 Å². The van der Waals surface area contributed by atoms with Crippen molar-refractivity contribution in [2.75, 3.05) is 13.2 Å². The second-order valence-electron chi connectivity index (χ2n) is 6.09. The van der Waals surface area contributed by atoms with Crippen LogP contribution in [0.3, 0.4) is 0 Å². The summed E-state index contributed by atoms with van der Waals surface area (Å²) in [5, 5.41) is 3.73. The van der Waals surface area contributed by atoms with Crippen molar-refractivity contribution in [3.8, 4) is 0 Å². The van der Waals surface area contributed by atoms with E-state index in [9.17, 15) is 0 Å². The summed E-state index contributed by atoms with van der Waals surface area (Å²) in [5.74, 6) is 2.79. The van der Waals surface area contributed by atoms with Crippen LogP contribution in [0.25, 0.3) is 0 Å². The Hall–Kier alpha value is -0.800. The van der Waals surface area contributed by atoms with Crippen molar-refractivity contribution in [3.63, 3.8) is 0 Å². The highest BCUT2D eigenvalue weighted by molar-refractivity contribution is 5.10. The molecule has 1 aliphatic heterocycles. The molecule has 3 nitrogen and oxygen atoms in total. The Morgan fingerprint density at radius 2 is 2.06 bits per heavy atom. The molecule has 0 amide bonds. The smallest absolute Gasteiger partial charge is 0.134 e. The van der Waals surface area contributed by atoms with Crippen LogP contribution < -0.4 is 5.32 Å². The Kier molecular flexibility index (Phi) is 3.20. The molecule has 1 unspecified atom stereocenters. The minimum absolute atomic E-state index is 0.0867. The molecular weight excluding hydrogens is 226 g/mol. The topological polar surface area (TPSA) is 34.4 Å². The fraction of sp³-hybridized carbons (Fsp3) is 0.733. The third-order valence-electron chi connectivity index (χ3n) is 4.53. The molecule has 0 bridgehead atoms. The van der Waals surface area contributed by atoms with Gasteiger partial charge in [0.2, 0.25) is 0 Å². The lowest BCUT2D eigenvalue weighted by molar-refractivity contribution is -0.0586. The molecule has 18 heavy (non-hydrogen) atoms. The summed E-state index contributed by atoms with van der Waals surface area (Å²) in [7, 11) is 0. The van der Waals surface area contributed by atoms with E-state index in [1.54, 1.807) is 0 Å². The molecule has 1 aliphatic carbocycles. The van der Waals surface area contributed by atoms with Crippen molar-refractivity contribution < 1.29 is 9.15 Å². The van der Waals surface area contributed by atoms with Crippen LogP contribution >= 0.6 is 0 Å². The second kappa shape index (κ2) is 4.71. The molecule has 1 atom stereocenters. The lowest BCUT2D eigenvalue weighted by Gasteiger charge is -2.44. The molecule has 0 aromatic carbocycles. The van der Waals surface area contributed by atoms with E-state index in [0.29, 0.717) is 0 Å². The standard InChI is InChI=1S/C15H23NO2/c1-11-5-7-15(8-6-11)10-17-14(9-16-15)13-4-3-12(2)18-13/h3-4,11,14,16H,5-10H2,1-2H3. The van der Waals surface area contributed by atoms with E-state index in [1.807, 2.05) is 19.1 Å². The van der Waals surface area contributed by atoms with Crippen molar-refractivity contribution in [2.24, 2.45) is 5.92 Å². The highest BCUT2D eigenvalue weighted by atomic mass is 16.5. The van der Waals surface area contributed by atoms with Crippen LogP contribution in [0.15, 0.2) is 16.5 Å². The maximum absolute atomic E-state index is 6.05. The molecule has 0 radical (unpaired) electrons. The number of morpholine rings is 1. The van der Waals surface area contributed by atoms with Crippen LogP contribution in [-0.2, 0) is 4.74 Å². The maximum Gasteiger partial charge on any atom is 0.134 e. The van der Waals surface area contributed by atoms with Gasteiger partial charge >= 0.3 is 0 Å². The molecule has 2 fully saturated rings. The van der Waals surface area contributed by atoms with Gasteiger partial charge in [0.25, 0.3) is 0 Å². The number of ether oxygens (including phenoxy) is 1. The van der Waals surface area contributed by atoms with Gasteiger partial charge in [-0.2, -0.15) is 0 Å². The molecular formula is C15H23NO2. The van der Waals surface area contributed by atoms with Crippen molar-refractivity contribution >= 4 is 0 Å². The molecule has 1 N–H and O–H groups in total. The van der Waals surface area contributed by atoms with Gasteiger partial charge in [-0.15, -0.1) is 0 Å². The van der Waals surface area contributed by atoms with Crippen LogP contribution in [0.1, 0.15) is 50.2 Å². The van der Waals surface area contributed by atoms with Crippen molar-refractivity contribution in [1.29, 1.82) is 0 Å². The predicted molar refractivity (Wildman–Crippen MR) is 70.5 cm³/mol. The van der Waals surface area contributed by atoms with Gasteiger partial charge in [-0.3, -0.25) is 0 Å². The largest absolute Gasteiger partial charge is 0.464 e. The fourth-order valence-electron chi connectivity index (χ4n) is 3.12. The zero-order valence-corrected chi connectivity index (χ0v) is 11.4. The number of rotatable bonds is 1. The Balaban J connectivity index is 1.61. The predicted octanol–water partition coefficient (Wildman–Crippen LogP) is 3.20. The Bertz CT molecular complexity index is 394. The normalized spacial score (nSPS) is 37.0. The molecule has 2 aliphatic rings. The van der Waals surface area contributed by atoms with E-state index in [4.69, 9.17) is 9.15 Å². The van der Waals surface area contributed by atoms with Gasteiger partial charge in [0.05, 0.1) is 6.61 Å². The van der Waals surface area contributed by atoms with E-state index >= 15 is 0 Å². The molecule has 3 rings (SSSR count). The van der Waals surface area contributed by atoms with Crippen LogP contribution in [0.4, 0.5) is 0 Å². The van der Waals surface area contributed by atoms with Crippen molar-refractivity contribution in [2.45, 2.75) is 51.2 Å². The first kappa shape index (κ1) is 12.2. The van der Waals surface area contributed by atoms with E-state index in [-0.39, 0.29) is 11.6 Å². The number of hydrogen-bond acceptors (Lipinski definition) is 3. The summed E-state index contributed by atoms with van der Waals surface area (Å²) in [6.07, 6.45) is 5.22. The summed E-state index contributed by atoms with van der Waals surface area (Å²) in [4.78, 5) is 0. The molecule has 1 saturated carbocycles. The van der Waals surface area contributed by atoms with Gasteiger partial charge in [0, 0.05) is 12.1 Å². The average Bonchev–Trinajstić information content (AvgIpc) is 2.81. The number of aryl methyl sites for hydroxylation is 1. The van der Waals surface area contributed by atoms with E-state index in [0.717, 1.165) is 30.6 Å². The monoisotopic (exact) mass is 249 g/mol. The Morgan fingerprint density at radius 1 is 1.28 bits per heavy atom. The summed E-state index contributed by atoms with van der Waals surface area (Å²) in [6.45, 7) is 6.03. The van der Waals surface area contributed by atoms with Crippen LogP contribution in [0.2, 0.25) is 0 Å². The third-order valence-corrected chi connectivity index (χ3v) is 4.53. The summed E-state index contributed by atoms with van der Waals surface area (Å²) >= 11 is 0. The number of furan rings is 1. The van der Waals surface area contributed by atoms with Gasteiger partial charge in [-0.25, -0.2) is 0 Å². The molecule has 100 valence electrons. The van der Waals surface area contributed by atoms with E-state index in [1.165, 1.54) is 25.7 Å². The zero-order valence-electron chi connectivity index (χ0n) is 11.4. The van der Waals surface area contributed by atoms with Crippen molar-refractivity contribution in [1.82, 2.24) is 5.32 Å². The highest BCUT2D eigenvalue weighted by Gasteiger charge is 2.39. The summed E-state index contributed by atoms with van der Waals surface area (Å²) in [6, 6.07) is 4.04. The summed E-state index contributed by atoms with van der Waals surface area (Å²) in [5.41, 5.74) is 0.241. The van der Waals surface area contributed by atoms with Gasteiger partial charge in [-0.05, 0) is 50.7 Å². The summed E-state index contributed by atoms with van der Waals surface area (Å²) < 4.78 is 11.7. The lowest BCUT2D eigenvalue weighted by atomic mass is 9.77. The first-order valence-electron chi connectivity index (χ1n) is 7.10. The van der Waals surface area contributed by atoms with E-state index in [2.05, 4.69) is 12.2 Å². The quantitative estimate of drug-likeness (QED) is 0.830. The minimum atomic E-state index is 0.0867. The Morgan fingerprint density at radius 3 is 2.61 bits per heavy atom. The van der Waals surface area contributed by atoms with Crippen molar-refractivity contribution in [3.05, 3.63) is 23.7 Å². The maximum atomic E-state index is 6.05. The van der Waals surface area contributed by atoms with Crippen LogP contribution in [0, 0.1) is 12.8 Å². The van der Waals surface area contributed by atoms with Gasteiger partial charge in [-0.1, -0.05) is 6.92 Å². The fourth-order valence-corrected chi connectivity index (χ4v) is 3.12. The molecule has 2 heterocycles. The van der Waals surface area contributed by atoms with Gasteiger partial charge < -0.3 is 14.5 Å². The van der Waals surface area contributed by atoms with Crippen LogP contribution in [-0.4, -0.2) is 18.7 Å².